The van der Waals surface area contributed by atoms with E-state index in [0.717, 1.165) is 4.74 Å². The van der Waals surface area contributed by atoms with E-state index in [9.17, 15) is 5.21 Å². The van der Waals surface area contributed by atoms with Gasteiger partial charge in [0.2, 0.25) is 0 Å². The van der Waals surface area contributed by atoms with Crippen molar-refractivity contribution in [3.05, 3.63) is 35.3 Å². The molecular weight excluding hydrogens is 128 g/mol. The van der Waals surface area contributed by atoms with Gasteiger partial charge in [-0.2, -0.15) is 0 Å². The first-order valence-corrected chi connectivity index (χ1v) is 2.95. The van der Waals surface area contributed by atoms with Crippen molar-refractivity contribution in [2.45, 2.75) is 0 Å². The SMILES string of the molecule is C/[N+]([O-])=C/c1ccccn1. The molecule has 10 heavy (non-hydrogen) atoms. The molecule has 0 aliphatic heterocycles. The average molecular weight is 136 g/mol. The lowest BCUT2D eigenvalue weighted by Gasteiger charge is -1.92. The summed E-state index contributed by atoms with van der Waals surface area (Å²) in [5.74, 6) is 0. The Morgan fingerprint density at radius 1 is 1.60 bits per heavy atom. The number of nitrogens with zero attached hydrogens (tertiary/aromatic N) is 2. The summed E-state index contributed by atoms with van der Waals surface area (Å²) < 4.78 is 0.725. The monoisotopic (exact) mass is 136 g/mol. The molecule has 0 bridgehead atoms. The molecule has 52 valence electrons. The van der Waals surface area contributed by atoms with Crippen LogP contribution in [0.3, 0.4) is 0 Å². The average Bonchev–Trinajstić information content (AvgIpc) is 1.88. The highest BCUT2D eigenvalue weighted by Crippen LogP contribution is 1.86. The van der Waals surface area contributed by atoms with Gasteiger partial charge in [0.25, 0.3) is 0 Å². The van der Waals surface area contributed by atoms with E-state index in [1.165, 1.54) is 13.3 Å². The minimum atomic E-state index is 0.681. The standard InChI is InChI=1S/C7H8N2O/c1-9(10)6-7-4-2-3-5-8-7/h2-6H,1H3/b9-6-. The van der Waals surface area contributed by atoms with Crippen LogP contribution in [0.4, 0.5) is 0 Å². The molecule has 0 saturated carbocycles. The first-order chi connectivity index (χ1) is 4.79. The molecule has 0 unspecified atom stereocenters. The van der Waals surface area contributed by atoms with Crippen LogP contribution in [-0.4, -0.2) is 23.0 Å². The van der Waals surface area contributed by atoms with Crippen LogP contribution in [0.25, 0.3) is 0 Å². The van der Waals surface area contributed by atoms with Crippen molar-refractivity contribution < 1.29 is 4.74 Å². The Morgan fingerprint density at radius 3 is 2.90 bits per heavy atom. The van der Waals surface area contributed by atoms with Crippen LogP contribution in [0, 0.1) is 5.21 Å². The second-order valence-corrected chi connectivity index (χ2v) is 1.93. The van der Waals surface area contributed by atoms with Gasteiger partial charge in [-0.15, -0.1) is 0 Å². The fourth-order valence-corrected chi connectivity index (χ4v) is 0.639. The van der Waals surface area contributed by atoms with Crippen LogP contribution < -0.4 is 0 Å². The molecule has 1 rings (SSSR count). The summed E-state index contributed by atoms with van der Waals surface area (Å²) in [5.41, 5.74) is 0.681. The lowest BCUT2D eigenvalue weighted by Crippen LogP contribution is -1.98. The molecule has 0 aliphatic rings. The number of hydrogen-bond acceptors (Lipinski definition) is 2. The van der Waals surface area contributed by atoms with Crippen LogP contribution in [0.15, 0.2) is 24.4 Å². The summed E-state index contributed by atoms with van der Waals surface area (Å²) in [5, 5.41) is 10.4. The summed E-state index contributed by atoms with van der Waals surface area (Å²) >= 11 is 0. The summed E-state index contributed by atoms with van der Waals surface area (Å²) in [4.78, 5) is 3.92. The van der Waals surface area contributed by atoms with Crippen molar-refractivity contribution in [3.63, 3.8) is 0 Å². The Labute approximate surface area is 59.2 Å². The highest BCUT2D eigenvalue weighted by Gasteiger charge is 1.88. The molecule has 0 amide bonds. The van der Waals surface area contributed by atoms with Crippen LogP contribution >= 0.6 is 0 Å². The zero-order valence-corrected chi connectivity index (χ0v) is 5.69. The molecule has 1 aromatic heterocycles. The lowest BCUT2D eigenvalue weighted by molar-refractivity contribution is -0.416. The highest BCUT2D eigenvalue weighted by molar-refractivity contribution is 5.72. The topological polar surface area (TPSA) is 39.0 Å². The van der Waals surface area contributed by atoms with Gasteiger partial charge in [-0.05, 0) is 12.1 Å². The van der Waals surface area contributed by atoms with E-state index in [1.807, 2.05) is 12.1 Å². The van der Waals surface area contributed by atoms with Gasteiger partial charge in [-0.3, -0.25) is 4.98 Å². The first kappa shape index (κ1) is 6.74. The molecule has 0 aromatic carbocycles. The molecule has 0 fully saturated rings. The van der Waals surface area contributed by atoms with E-state index >= 15 is 0 Å². The Hall–Kier alpha value is -1.38. The zero-order chi connectivity index (χ0) is 7.40. The minimum Gasteiger partial charge on any atom is -0.624 e. The predicted octanol–water partition coefficient (Wildman–Crippen LogP) is 0.641. The van der Waals surface area contributed by atoms with Gasteiger partial charge in [-0.1, -0.05) is 6.07 Å². The molecule has 0 atom stereocenters. The van der Waals surface area contributed by atoms with E-state index in [4.69, 9.17) is 0 Å². The van der Waals surface area contributed by atoms with E-state index < -0.39 is 0 Å². The van der Waals surface area contributed by atoms with Gasteiger partial charge < -0.3 is 5.21 Å². The molecule has 3 heteroatoms. The van der Waals surface area contributed by atoms with Crippen molar-refractivity contribution >= 4 is 6.21 Å². The molecule has 0 spiro atoms. The second-order valence-electron chi connectivity index (χ2n) is 1.93. The normalized spacial score (nSPS) is 11.5. The largest absolute Gasteiger partial charge is 0.624 e. The number of hydroxylamine groups is 1. The quantitative estimate of drug-likeness (QED) is 0.246. The van der Waals surface area contributed by atoms with Crippen molar-refractivity contribution in [2.24, 2.45) is 0 Å². The molecule has 3 nitrogen and oxygen atoms in total. The van der Waals surface area contributed by atoms with Crippen molar-refractivity contribution in [1.29, 1.82) is 0 Å². The maximum absolute atomic E-state index is 10.4. The number of rotatable bonds is 1. The smallest absolute Gasteiger partial charge is 0.200 e. The highest BCUT2D eigenvalue weighted by atomic mass is 16.5. The van der Waals surface area contributed by atoms with Gasteiger partial charge in [0.05, 0.1) is 0 Å². The number of hydrogen-bond donors (Lipinski definition) is 0. The summed E-state index contributed by atoms with van der Waals surface area (Å²) in [6.45, 7) is 0. The molecule has 1 heterocycles. The third-order valence-corrected chi connectivity index (χ3v) is 1.00. The number of pyridine rings is 1. The summed E-state index contributed by atoms with van der Waals surface area (Å²) in [6.07, 6.45) is 3.06. The van der Waals surface area contributed by atoms with E-state index in [2.05, 4.69) is 4.98 Å². The molecule has 1 aromatic rings. The van der Waals surface area contributed by atoms with Crippen LogP contribution in [-0.2, 0) is 0 Å². The molecule has 0 aliphatic carbocycles. The third-order valence-electron chi connectivity index (χ3n) is 1.00. The van der Waals surface area contributed by atoms with E-state index in [-0.39, 0.29) is 0 Å². The number of aromatic nitrogens is 1. The Bertz CT molecular complexity index is 227. The van der Waals surface area contributed by atoms with E-state index in [1.54, 1.807) is 12.3 Å². The van der Waals surface area contributed by atoms with Crippen LogP contribution in [0.5, 0.6) is 0 Å². The van der Waals surface area contributed by atoms with Gasteiger partial charge in [0.1, 0.15) is 12.7 Å². The van der Waals surface area contributed by atoms with Crippen LogP contribution in [0.2, 0.25) is 0 Å². The zero-order valence-electron chi connectivity index (χ0n) is 5.69. The minimum absolute atomic E-state index is 0.681. The third kappa shape index (κ3) is 1.85. The fourth-order valence-electron chi connectivity index (χ4n) is 0.639. The molecule has 0 N–H and O–H groups in total. The Kier molecular flexibility index (Phi) is 1.99. The van der Waals surface area contributed by atoms with Gasteiger partial charge in [-0.25, -0.2) is 4.74 Å². The predicted molar refractivity (Wildman–Crippen MR) is 39.0 cm³/mol. The molecule has 0 saturated heterocycles. The maximum atomic E-state index is 10.4. The molecule has 0 radical (unpaired) electrons. The summed E-state index contributed by atoms with van der Waals surface area (Å²) in [6, 6.07) is 5.42. The first-order valence-electron chi connectivity index (χ1n) is 2.95. The molecular formula is C7H8N2O. The van der Waals surface area contributed by atoms with Crippen molar-refractivity contribution in [1.82, 2.24) is 4.98 Å². The Morgan fingerprint density at radius 2 is 2.40 bits per heavy atom. The van der Waals surface area contributed by atoms with Gasteiger partial charge in [0, 0.05) is 6.20 Å². The van der Waals surface area contributed by atoms with Gasteiger partial charge >= 0.3 is 0 Å². The van der Waals surface area contributed by atoms with Crippen molar-refractivity contribution in [3.8, 4) is 0 Å². The fraction of sp³-hybridized carbons (Fsp3) is 0.143. The maximum Gasteiger partial charge on any atom is 0.200 e. The summed E-state index contributed by atoms with van der Waals surface area (Å²) in [7, 11) is 1.43. The van der Waals surface area contributed by atoms with Crippen LogP contribution in [0.1, 0.15) is 5.69 Å². The van der Waals surface area contributed by atoms with Gasteiger partial charge in [0.15, 0.2) is 6.21 Å². The Balaban J connectivity index is 2.87. The second kappa shape index (κ2) is 2.96. The lowest BCUT2D eigenvalue weighted by atomic mass is 10.4. The van der Waals surface area contributed by atoms with Crippen molar-refractivity contribution in [2.75, 3.05) is 7.05 Å². The van der Waals surface area contributed by atoms with E-state index in [0.29, 0.717) is 5.69 Å².